The minimum Gasteiger partial charge on any atom is -0.481 e. The van der Waals surface area contributed by atoms with Crippen molar-refractivity contribution in [3.8, 4) is 0 Å². The number of benzene rings is 1. The Morgan fingerprint density at radius 1 is 1.10 bits per heavy atom. The van der Waals surface area contributed by atoms with Crippen molar-refractivity contribution in [3.63, 3.8) is 0 Å². The van der Waals surface area contributed by atoms with Gasteiger partial charge in [-0.15, -0.1) is 0 Å². The molecule has 1 aromatic carbocycles. The first kappa shape index (κ1) is 20.3. The third kappa shape index (κ3) is 4.71. The SMILES string of the molecule is CN(CC(=O)N1CCCC(C(=O)O)C1)C(=O)c1ccc(C(=O)c2cc[nH]c2)cc1. The topological polar surface area (TPSA) is 111 Å². The zero-order valence-electron chi connectivity index (χ0n) is 16.1. The van der Waals surface area contributed by atoms with Crippen LogP contribution in [0.2, 0.25) is 0 Å². The van der Waals surface area contributed by atoms with Crippen LogP contribution in [-0.2, 0) is 9.59 Å². The molecule has 1 aliphatic heterocycles. The molecule has 2 N–H and O–H groups in total. The van der Waals surface area contributed by atoms with Gasteiger partial charge in [-0.05, 0) is 31.0 Å². The minimum atomic E-state index is -0.902. The first-order valence-corrected chi connectivity index (χ1v) is 9.40. The van der Waals surface area contributed by atoms with Gasteiger partial charge in [0.05, 0.1) is 12.5 Å². The van der Waals surface area contributed by atoms with E-state index in [1.807, 2.05) is 0 Å². The van der Waals surface area contributed by atoms with Crippen LogP contribution >= 0.6 is 0 Å². The number of likely N-dealkylation sites (N-methyl/N-ethyl adjacent to an activating group) is 1. The van der Waals surface area contributed by atoms with Gasteiger partial charge in [-0.25, -0.2) is 0 Å². The van der Waals surface area contributed by atoms with Crippen molar-refractivity contribution < 1.29 is 24.3 Å². The second-order valence-corrected chi connectivity index (χ2v) is 7.18. The first-order chi connectivity index (χ1) is 13.9. The number of piperidine rings is 1. The maximum absolute atomic E-state index is 12.6. The number of carbonyl (C=O) groups excluding carboxylic acids is 3. The lowest BCUT2D eigenvalue weighted by Crippen LogP contribution is -2.46. The molecule has 8 nitrogen and oxygen atoms in total. The van der Waals surface area contributed by atoms with E-state index >= 15 is 0 Å². The number of aromatic nitrogens is 1. The number of carboxylic acids is 1. The van der Waals surface area contributed by atoms with Crippen LogP contribution in [0.3, 0.4) is 0 Å². The zero-order valence-corrected chi connectivity index (χ0v) is 16.1. The molecule has 8 heteroatoms. The zero-order chi connectivity index (χ0) is 21.0. The fourth-order valence-corrected chi connectivity index (χ4v) is 3.40. The van der Waals surface area contributed by atoms with Crippen LogP contribution in [0.15, 0.2) is 42.7 Å². The summed E-state index contributed by atoms with van der Waals surface area (Å²) >= 11 is 0. The van der Waals surface area contributed by atoms with Gasteiger partial charge in [-0.2, -0.15) is 0 Å². The summed E-state index contributed by atoms with van der Waals surface area (Å²) in [5.41, 5.74) is 1.37. The molecular formula is C21H23N3O5. The summed E-state index contributed by atoms with van der Waals surface area (Å²) in [6.07, 6.45) is 4.47. The number of H-pyrrole nitrogens is 1. The number of ketones is 1. The Morgan fingerprint density at radius 2 is 1.79 bits per heavy atom. The van der Waals surface area contributed by atoms with E-state index in [-0.39, 0.29) is 30.7 Å². The molecule has 29 heavy (non-hydrogen) atoms. The van der Waals surface area contributed by atoms with Crippen molar-refractivity contribution in [3.05, 3.63) is 59.4 Å². The Kier molecular flexibility index (Phi) is 6.11. The molecule has 0 bridgehead atoms. The number of carboxylic acid groups (broad SMARTS) is 1. The van der Waals surface area contributed by atoms with Gasteiger partial charge < -0.3 is 19.9 Å². The number of likely N-dealkylation sites (tertiary alicyclic amines) is 1. The molecule has 2 aromatic rings. The molecule has 2 amide bonds. The highest BCUT2D eigenvalue weighted by Gasteiger charge is 2.29. The minimum absolute atomic E-state index is 0.130. The first-order valence-electron chi connectivity index (χ1n) is 9.40. The molecule has 0 radical (unpaired) electrons. The summed E-state index contributed by atoms with van der Waals surface area (Å²) in [4.78, 5) is 54.2. The lowest BCUT2D eigenvalue weighted by atomic mass is 9.98. The number of aromatic amines is 1. The summed E-state index contributed by atoms with van der Waals surface area (Å²) in [5.74, 6) is -2.22. The third-order valence-electron chi connectivity index (χ3n) is 5.10. The molecule has 152 valence electrons. The van der Waals surface area contributed by atoms with Gasteiger partial charge in [0.1, 0.15) is 0 Å². The normalized spacial score (nSPS) is 16.3. The van der Waals surface area contributed by atoms with Crippen molar-refractivity contribution in [2.24, 2.45) is 5.92 Å². The van der Waals surface area contributed by atoms with Crippen molar-refractivity contribution in [1.29, 1.82) is 0 Å². The van der Waals surface area contributed by atoms with Crippen LogP contribution in [0.1, 0.15) is 39.1 Å². The number of rotatable bonds is 6. The van der Waals surface area contributed by atoms with Crippen LogP contribution in [0.25, 0.3) is 0 Å². The monoisotopic (exact) mass is 397 g/mol. The van der Waals surface area contributed by atoms with Crippen molar-refractivity contribution >= 4 is 23.6 Å². The van der Waals surface area contributed by atoms with E-state index in [9.17, 15) is 19.2 Å². The highest BCUT2D eigenvalue weighted by molar-refractivity contribution is 6.09. The van der Waals surface area contributed by atoms with Crippen molar-refractivity contribution in [2.75, 3.05) is 26.7 Å². The fraction of sp³-hybridized carbons (Fsp3) is 0.333. The van der Waals surface area contributed by atoms with Gasteiger partial charge >= 0.3 is 5.97 Å². The van der Waals surface area contributed by atoms with E-state index in [0.29, 0.717) is 36.1 Å². The van der Waals surface area contributed by atoms with Gasteiger partial charge in [0, 0.05) is 49.2 Å². The molecule has 3 rings (SSSR count). The smallest absolute Gasteiger partial charge is 0.308 e. The largest absolute Gasteiger partial charge is 0.481 e. The van der Waals surface area contributed by atoms with E-state index in [1.165, 1.54) is 16.8 Å². The average Bonchev–Trinajstić information content (AvgIpc) is 3.27. The average molecular weight is 397 g/mol. The van der Waals surface area contributed by atoms with Crippen molar-refractivity contribution in [2.45, 2.75) is 12.8 Å². The van der Waals surface area contributed by atoms with Gasteiger partial charge in [0.15, 0.2) is 5.78 Å². The predicted octanol–water partition coefficient (Wildman–Crippen LogP) is 1.64. The Bertz CT molecular complexity index is 905. The lowest BCUT2D eigenvalue weighted by Gasteiger charge is -2.32. The highest BCUT2D eigenvalue weighted by atomic mass is 16.4. The quantitative estimate of drug-likeness (QED) is 0.720. The Hall–Kier alpha value is -3.42. The fourth-order valence-electron chi connectivity index (χ4n) is 3.40. The predicted molar refractivity (Wildman–Crippen MR) is 105 cm³/mol. The van der Waals surface area contributed by atoms with Crippen molar-refractivity contribution in [1.82, 2.24) is 14.8 Å². The molecule has 1 unspecified atom stereocenters. The number of hydrogen-bond acceptors (Lipinski definition) is 4. The highest BCUT2D eigenvalue weighted by Crippen LogP contribution is 2.17. The molecule has 1 fully saturated rings. The molecule has 0 aliphatic carbocycles. The van der Waals surface area contributed by atoms with E-state index in [1.54, 1.807) is 42.7 Å². The molecule has 1 saturated heterocycles. The summed E-state index contributed by atoms with van der Waals surface area (Å²) < 4.78 is 0. The van der Waals surface area contributed by atoms with Crippen LogP contribution in [0.4, 0.5) is 0 Å². The molecular weight excluding hydrogens is 374 g/mol. The number of nitrogens with zero attached hydrogens (tertiary/aromatic N) is 2. The third-order valence-corrected chi connectivity index (χ3v) is 5.10. The molecule has 0 saturated carbocycles. The van der Waals surface area contributed by atoms with E-state index in [0.717, 1.165) is 0 Å². The van der Waals surface area contributed by atoms with Gasteiger partial charge in [0.25, 0.3) is 5.91 Å². The molecule has 1 atom stereocenters. The van der Waals surface area contributed by atoms with Crippen LogP contribution in [0.5, 0.6) is 0 Å². The number of amides is 2. The summed E-state index contributed by atoms with van der Waals surface area (Å²) in [7, 11) is 1.53. The van der Waals surface area contributed by atoms with E-state index in [2.05, 4.69) is 4.98 Å². The summed E-state index contributed by atoms with van der Waals surface area (Å²) in [6.45, 7) is 0.544. The Labute approximate surface area is 168 Å². The molecule has 1 aromatic heterocycles. The Balaban J connectivity index is 1.60. The maximum Gasteiger partial charge on any atom is 0.308 e. The Morgan fingerprint density at radius 3 is 2.41 bits per heavy atom. The number of hydrogen-bond donors (Lipinski definition) is 2. The van der Waals surface area contributed by atoms with Crippen LogP contribution in [-0.4, -0.2) is 70.1 Å². The summed E-state index contributed by atoms with van der Waals surface area (Å²) in [6, 6.07) is 7.96. The molecule has 2 heterocycles. The van der Waals surface area contributed by atoms with Crippen LogP contribution in [0, 0.1) is 5.92 Å². The van der Waals surface area contributed by atoms with E-state index < -0.39 is 11.9 Å². The second kappa shape index (κ2) is 8.72. The van der Waals surface area contributed by atoms with E-state index in [4.69, 9.17) is 5.11 Å². The van der Waals surface area contributed by atoms with Gasteiger partial charge in [0.2, 0.25) is 5.91 Å². The second-order valence-electron chi connectivity index (χ2n) is 7.18. The summed E-state index contributed by atoms with van der Waals surface area (Å²) in [5, 5.41) is 9.15. The van der Waals surface area contributed by atoms with Crippen LogP contribution < -0.4 is 0 Å². The maximum atomic E-state index is 12.6. The number of aliphatic carboxylic acids is 1. The number of nitrogens with one attached hydrogen (secondary N) is 1. The van der Waals surface area contributed by atoms with Gasteiger partial charge in [-0.1, -0.05) is 12.1 Å². The van der Waals surface area contributed by atoms with Gasteiger partial charge in [-0.3, -0.25) is 19.2 Å². The molecule has 0 spiro atoms. The standard InChI is InChI=1S/C21H23N3O5/c1-23(13-18(25)24-10-2-3-17(12-24)21(28)29)20(27)15-6-4-14(5-7-15)19(26)16-8-9-22-11-16/h4-9,11,17,22H,2-3,10,12-13H2,1H3,(H,28,29). The number of carbonyl (C=O) groups is 4. The molecule has 1 aliphatic rings. The lowest BCUT2D eigenvalue weighted by molar-refractivity contribution is -0.145.